The number of benzene rings is 1. The van der Waals surface area contributed by atoms with Crippen LogP contribution in [0.1, 0.15) is 43.7 Å². The third-order valence-corrected chi connectivity index (χ3v) is 3.35. The number of ether oxygens (including phenoxy) is 1. The summed E-state index contributed by atoms with van der Waals surface area (Å²) in [5.74, 6) is 1.96. The highest BCUT2D eigenvalue weighted by Gasteiger charge is 2.21. The molecule has 0 amide bonds. The summed E-state index contributed by atoms with van der Waals surface area (Å²) in [4.78, 5) is 0. The molecule has 0 spiro atoms. The maximum atomic E-state index is 5.77. The topological polar surface area (TPSA) is 34.4 Å². The van der Waals surface area contributed by atoms with Gasteiger partial charge in [0.25, 0.3) is 0 Å². The molecule has 3 nitrogen and oxygen atoms in total. The molecule has 2 rings (SSSR count). The van der Waals surface area contributed by atoms with Crippen LogP contribution in [0.5, 0.6) is 5.75 Å². The van der Waals surface area contributed by atoms with Crippen LogP contribution in [0.4, 0.5) is 0 Å². The SMILES string of the molecule is CCNC(c1ccccc1OCC)c1ccoc1CC. The van der Waals surface area contributed by atoms with Crippen molar-refractivity contribution in [3.05, 3.63) is 53.5 Å². The fourth-order valence-corrected chi connectivity index (χ4v) is 2.49. The second kappa shape index (κ2) is 7.15. The highest BCUT2D eigenvalue weighted by atomic mass is 16.5. The zero-order valence-corrected chi connectivity index (χ0v) is 12.5. The van der Waals surface area contributed by atoms with Crippen LogP contribution < -0.4 is 10.1 Å². The van der Waals surface area contributed by atoms with Gasteiger partial charge in [0.15, 0.2) is 0 Å². The van der Waals surface area contributed by atoms with Crippen molar-refractivity contribution in [1.29, 1.82) is 0 Å². The zero-order valence-electron chi connectivity index (χ0n) is 12.5. The Kier molecular flexibility index (Phi) is 5.24. The number of rotatable bonds is 7. The van der Waals surface area contributed by atoms with Crippen molar-refractivity contribution >= 4 is 0 Å². The van der Waals surface area contributed by atoms with Gasteiger partial charge in [0.05, 0.1) is 18.9 Å². The van der Waals surface area contributed by atoms with Crippen LogP contribution in [0.3, 0.4) is 0 Å². The largest absolute Gasteiger partial charge is 0.494 e. The molecule has 0 aliphatic carbocycles. The Labute approximate surface area is 121 Å². The Hall–Kier alpha value is -1.74. The van der Waals surface area contributed by atoms with Gasteiger partial charge >= 0.3 is 0 Å². The average molecular weight is 273 g/mol. The molecular weight excluding hydrogens is 250 g/mol. The van der Waals surface area contributed by atoms with Gasteiger partial charge in [0.1, 0.15) is 11.5 Å². The standard InChI is InChI=1S/C17H23NO2/c1-4-15-14(11-12-20-15)17(18-5-2)13-9-7-8-10-16(13)19-6-3/h7-12,17-18H,4-6H2,1-3H3. The van der Waals surface area contributed by atoms with Gasteiger partial charge < -0.3 is 14.5 Å². The predicted octanol–water partition coefficient (Wildman–Crippen LogP) is 3.94. The van der Waals surface area contributed by atoms with Gasteiger partial charge in [-0.05, 0) is 25.6 Å². The Morgan fingerprint density at radius 2 is 1.90 bits per heavy atom. The molecule has 0 saturated carbocycles. The maximum absolute atomic E-state index is 5.77. The third-order valence-electron chi connectivity index (χ3n) is 3.35. The number of furan rings is 1. The fraction of sp³-hybridized carbons (Fsp3) is 0.412. The van der Waals surface area contributed by atoms with Gasteiger partial charge in [-0.1, -0.05) is 32.0 Å². The zero-order chi connectivity index (χ0) is 14.4. The summed E-state index contributed by atoms with van der Waals surface area (Å²) in [5.41, 5.74) is 2.36. The van der Waals surface area contributed by atoms with Gasteiger partial charge in [0, 0.05) is 17.5 Å². The lowest BCUT2D eigenvalue weighted by molar-refractivity contribution is 0.333. The number of aryl methyl sites for hydroxylation is 1. The summed E-state index contributed by atoms with van der Waals surface area (Å²) in [6, 6.07) is 10.4. The molecule has 1 N–H and O–H groups in total. The van der Waals surface area contributed by atoms with E-state index in [1.54, 1.807) is 6.26 Å². The first-order valence-electron chi connectivity index (χ1n) is 7.33. The minimum absolute atomic E-state index is 0.108. The highest BCUT2D eigenvalue weighted by Crippen LogP contribution is 2.32. The van der Waals surface area contributed by atoms with E-state index in [1.165, 1.54) is 5.56 Å². The Morgan fingerprint density at radius 3 is 2.60 bits per heavy atom. The molecule has 1 aromatic carbocycles. The number of nitrogens with one attached hydrogen (secondary N) is 1. The molecule has 108 valence electrons. The summed E-state index contributed by atoms with van der Waals surface area (Å²) < 4.78 is 11.3. The summed E-state index contributed by atoms with van der Waals surface area (Å²) >= 11 is 0. The Balaban J connectivity index is 2.43. The van der Waals surface area contributed by atoms with Crippen LogP contribution in [0, 0.1) is 0 Å². The van der Waals surface area contributed by atoms with Crippen LogP contribution in [-0.4, -0.2) is 13.2 Å². The van der Waals surface area contributed by atoms with E-state index in [4.69, 9.17) is 9.15 Å². The molecule has 1 aromatic heterocycles. The lowest BCUT2D eigenvalue weighted by Crippen LogP contribution is -2.23. The molecule has 3 heteroatoms. The molecule has 0 radical (unpaired) electrons. The normalized spacial score (nSPS) is 12.3. The molecule has 0 bridgehead atoms. The molecule has 20 heavy (non-hydrogen) atoms. The van der Waals surface area contributed by atoms with Crippen LogP contribution >= 0.6 is 0 Å². The van der Waals surface area contributed by atoms with E-state index in [0.29, 0.717) is 6.61 Å². The lowest BCUT2D eigenvalue weighted by Gasteiger charge is -2.21. The van der Waals surface area contributed by atoms with Gasteiger partial charge in [-0.3, -0.25) is 0 Å². The first-order chi connectivity index (χ1) is 9.81. The van der Waals surface area contributed by atoms with Crippen LogP contribution in [0.15, 0.2) is 41.0 Å². The molecule has 1 atom stereocenters. The molecule has 0 saturated heterocycles. The average Bonchev–Trinajstić information content (AvgIpc) is 2.94. The predicted molar refractivity (Wildman–Crippen MR) is 81.2 cm³/mol. The van der Waals surface area contributed by atoms with Gasteiger partial charge in [-0.15, -0.1) is 0 Å². The van der Waals surface area contributed by atoms with E-state index in [1.807, 2.05) is 25.1 Å². The highest BCUT2D eigenvalue weighted by molar-refractivity contribution is 5.42. The van der Waals surface area contributed by atoms with E-state index in [9.17, 15) is 0 Å². The van der Waals surface area contributed by atoms with Gasteiger partial charge in [0.2, 0.25) is 0 Å². The van der Waals surface area contributed by atoms with Crippen molar-refractivity contribution in [1.82, 2.24) is 5.32 Å². The van der Waals surface area contributed by atoms with Crippen LogP contribution in [0.2, 0.25) is 0 Å². The summed E-state index contributed by atoms with van der Waals surface area (Å²) in [6.07, 6.45) is 2.66. The van der Waals surface area contributed by atoms with E-state index < -0.39 is 0 Å². The van der Waals surface area contributed by atoms with Gasteiger partial charge in [-0.2, -0.15) is 0 Å². The van der Waals surface area contributed by atoms with Crippen molar-refractivity contribution in [2.45, 2.75) is 33.2 Å². The van der Waals surface area contributed by atoms with Crippen LogP contribution in [-0.2, 0) is 6.42 Å². The van der Waals surface area contributed by atoms with Crippen molar-refractivity contribution in [2.75, 3.05) is 13.2 Å². The maximum Gasteiger partial charge on any atom is 0.124 e. The molecule has 0 aliphatic heterocycles. The third kappa shape index (κ3) is 3.05. The van der Waals surface area contributed by atoms with E-state index in [2.05, 4.69) is 31.3 Å². The molecule has 2 aromatic rings. The summed E-state index contributed by atoms with van der Waals surface area (Å²) in [7, 11) is 0. The lowest BCUT2D eigenvalue weighted by atomic mass is 9.97. The number of hydrogen-bond donors (Lipinski definition) is 1. The fourth-order valence-electron chi connectivity index (χ4n) is 2.49. The number of hydrogen-bond acceptors (Lipinski definition) is 3. The van der Waals surface area contributed by atoms with Crippen molar-refractivity contribution in [3.8, 4) is 5.75 Å². The molecule has 0 fully saturated rings. The Bertz CT molecular complexity index is 533. The van der Waals surface area contributed by atoms with Crippen molar-refractivity contribution < 1.29 is 9.15 Å². The van der Waals surface area contributed by atoms with E-state index in [0.717, 1.165) is 30.0 Å². The molecule has 1 heterocycles. The van der Waals surface area contributed by atoms with Crippen molar-refractivity contribution in [3.63, 3.8) is 0 Å². The Morgan fingerprint density at radius 1 is 1.10 bits per heavy atom. The van der Waals surface area contributed by atoms with Gasteiger partial charge in [-0.25, -0.2) is 0 Å². The molecule has 1 unspecified atom stereocenters. The first-order valence-corrected chi connectivity index (χ1v) is 7.33. The first kappa shape index (κ1) is 14.7. The van der Waals surface area contributed by atoms with Crippen LogP contribution in [0.25, 0.3) is 0 Å². The number of para-hydroxylation sites is 1. The van der Waals surface area contributed by atoms with E-state index >= 15 is 0 Å². The quantitative estimate of drug-likeness (QED) is 0.829. The van der Waals surface area contributed by atoms with Crippen molar-refractivity contribution in [2.24, 2.45) is 0 Å². The molecule has 0 aliphatic rings. The second-order valence-corrected chi connectivity index (χ2v) is 4.61. The minimum Gasteiger partial charge on any atom is -0.494 e. The molecular formula is C17H23NO2. The second-order valence-electron chi connectivity index (χ2n) is 4.61. The minimum atomic E-state index is 0.108. The smallest absolute Gasteiger partial charge is 0.124 e. The van der Waals surface area contributed by atoms with E-state index in [-0.39, 0.29) is 6.04 Å². The summed E-state index contributed by atoms with van der Waals surface area (Å²) in [6.45, 7) is 7.79. The monoisotopic (exact) mass is 273 g/mol. The summed E-state index contributed by atoms with van der Waals surface area (Å²) in [5, 5.41) is 3.53.